The van der Waals surface area contributed by atoms with Crippen LogP contribution in [-0.4, -0.2) is 4.98 Å². The molecule has 2 N–H and O–H groups in total. The molecule has 6 heteroatoms. The van der Waals surface area contributed by atoms with Gasteiger partial charge in [0.2, 0.25) is 0 Å². The van der Waals surface area contributed by atoms with E-state index in [0.717, 1.165) is 0 Å². The molecule has 0 spiro atoms. The molecule has 1 rings (SSSR count). The van der Waals surface area contributed by atoms with Crippen molar-refractivity contribution in [1.82, 2.24) is 4.98 Å². The molecule has 0 fully saturated rings. The molecule has 0 aliphatic rings. The molecule has 1 aromatic rings. The number of nitrogens with zero attached hydrogens (tertiary/aromatic N) is 1. The summed E-state index contributed by atoms with van der Waals surface area (Å²) in [6.45, 7) is 0. The van der Waals surface area contributed by atoms with Gasteiger partial charge in [-0.05, 0) is 6.07 Å². The van der Waals surface area contributed by atoms with Crippen molar-refractivity contribution in [2.75, 3.05) is 5.73 Å². The monoisotopic (exact) mass is 210 g/mol. The summed E-state index contributed by atoms with van der Waals surface area (Å²) in [5.74, 6) is -1.59. The summed E-state index contributed by atoms with van der Waals surface area (Å²) in [6.07, 6.45) is -2.80. The van der Waals surface area contributed by atoms with Crippen LogP contribution in [0, 0.1) is 5.82 Å². The van der Waals surface area contributed by atoms with Gasteiger partial charge in [-0.15, -0.1) is 11.6 Å². The number of hydrogen-bond donors (Lipinski definition) is 1. The fourth-order valence-electron chi connectivity index (χ4n) is 0.853. The van der Waals surface area contributed by atoms with E-state index in [4.69, 9.17) is 17.3 Å². The zero-order valence-corrected chi connectivity index (χ0v) is 7.15. The average molecular weight is 211 g/mol. The highest BCUT2D eigenvalue weighted by atomic mass is 35.5. The Morgan fingerprint density at radius 3 is 2.62 bits per heavy atom. The number of aromatic nitrogens is 1. The van der Waals surface area contributed by atoms with E-state index in [-0.39, 0.29) is 11.6 Å². The molecule has 1 aromatic heterocycles. The molecule has 13 heavy (non-hydrogen) atoms. The molecule has 0 amide bonds. The van der Waals surface area contributed by atoms with Crippen molar-refractivity contribution >= 4 is 17.4 Å². The van der Waals surface area contributed by atoms with Gasteiger partial charge in [0.25, 0.3) is 6.43 Å². The van der Waals surface area contributed by atoms with E-state index in [1.54, 1.807) is 0 Å². The van der Waals surface area contributed by atoms with Crippen LogP contribution in [0.2, 0.25) is 0 Å². The predicted octanol–water partition coefficient (Wildman–Crippen LogP) is 2.48. The summed E-state index contributed by atoms with van der Waals surface area (Å²) >= 11 is 5.33. The molecule has 0 bridgehead atoms. The highest BCUT2D eigenvalue weighted by Crippen LogP contribution is 2.25. The van der Waals surface area contributed by atoms with Gasteiger partial charge in [-0.1, -0.05) is 0 Å². The van der Waals surface area contributed by atoms with Crippen LogP contribution < -0.4 is 5.73 Å². The second-order valence-corrected chi connectivity index (χ2v) is 2.59. The highest BCUT2D eigenvalue weighted by Gasteiger charge is 2.16. The van der Waals surface area contributed by atoms with Gasteiger partial charge in [0.05, 0.1) is 11.6 Å². The standard InChI is InChI=1S/C7H6ClF3N2/c8-2-5-3(6(10)11)1-4(9)7(12)13-5/h1,6H,2H2,(H2,12,13). The van der Waals surface area contributed by atoms with Crippen LogP contribution in [0.3, 0.4) is 0 Å². The summed E-state index contributed by atoms with van der Waals surface area (Å²) in [4.78, 5) is 3.40. The molecule has 0 saturated heterocycles. The zero-order valence-electron chi connectivity index (χ0n) is 6.40. The Kier molecular flexibility index (Phi) is 2.98. The normalized spacial score (nSPS) is 10.8. The lowest BCUT2D eigenvalue weighted by molar-refractivity contribution is 0.149. The van der Waals surface area contributed by atoms with Gasteiger partial charge in [0.15, 0.2) is 11.6 Å². The second kappa shape index (κ2) is 3.83. The van der Waals surface area contributed by atoms with Gasteiger partial charge < -0.3 is 5.73 Å². The molecule has 1 heterocycles. The molecule has 0 aliphatic heterocycles. The van der Waals surface area contributed by atoms with E-state index in [2.05, 4.69) is 4.98 Å². The number of hydrogen-bond acceptors (Lipinski definition) is 2. The Labute approximate surface area is 77.5 Å². The van der Waals surface area contributed by atoms with E-state index < -0.39 is 23.6 Å². The van der Waals surface area contributed by atoms with Crippen LogP contribution in [0.15, 0.2) is 6.07 Å². The van der Waals surface area contributed by atoms with Crippen LogP contribution in [0.5, 0.6) is 0 Å². The summed E-state index contributed by atoms with van der Waals surface area (Å²) < 4.78 is 37.1. The van der Waals surface area contributed by atoms with Crippen molar-refractivity contribution in [2.24, 2.45) is 0 Å². The fraction of sp³-hybridized carbons (Fsp3) is 0.286. The largest absolute Gasteiger partial charge is 0.381 e. The number of halogens is 4. The van der Waals surface area contributed by atoms with Crippen molar-refractivity contribution in [3.8, 4) is 0 Å². The van der Waals surface area contributed by atoms with Gasteiger partial charge in [-0.2, -0.15) is 0 Å². The number of rotatable bonds is 2. The SMILES string of the molecule is Nc1nc(CCl)c(C(F)F)cc1F. The Hall–Kier alpha value is -0.970. The minimum atomic E-state index is -2.80. The number of nitrogen functional groups attached to an aromatic ring is 1. The van der Waals surface area contributed by atoms with Crippen molar-refractivity contribution < 1.29 is 13.2 Å². The minimum absolute atomic E-state index is 0.0874. The topological polar surface area (TPSA) is 38.9 Å². The lowest BCUT2D eigenvalue weighted by Gasteiger charge is -2.06. The molecule has 0 aromatic carbocycles. The first-order chi connectivity index (χ1) is 6.06. The summed E-state index contributed by atoms with van der Waals surface area (Å²) in [6, 6.07) is 0.657. The van der Waals surface area contributed by atoms with Crippen molar-refractivity contribution in [3.05, 3.63) is 23.1 Å². The van der Waals surface area contributed by atoms with Crippen LogP contribution in [0.1, 0.15) is 17.7 Å². The fourth-order valence-corrected chi connectivity index (χ4v) is 1.07. The molecule has 0 atom stereocenters. The number of alkyl halides is 3. The second-order valence-electron chi connectivity index (χ2n) is 2.33. The number of pyridine rings is 1. The first-order valence-electron chi connectivity index (χ1n) is 3.35. The summed E-state index contributed by atoms with van der Waals surface area (Å²) in [7, 11) is 0. The Morgan fingerprint density at radius 1 is 1.54 bits per heavy atom. The Morgan fingerprint density at radius 2 is 2.15 bits per heavy atom. The van der Waals surface area contributed by atoms with Gasteiger partial charge in [-0.3, -0.25) is 0 Å². The van der Waals surface area contributed by atoms with Crippen molar-refractivity contribution in [3.63, 3.8) is 0 Å². The van der Waals surface area contributed by atoms with Gasteiger partial charge in [0.1, 0.15) is 0 Å². The van der Waals surface area contributed by atoms with Crippen LogP contribution in [-0.2, 0) is 5.88 Å². The van der Waals surface area contributed by atoms with Gasteiger partial charge in [-0.25, -0.2) is 18.2 Å². The smallest absolute Gasteiger partial charge is 0.265 e. The molecular weight excluding hydrogens is 205 g/mol. The molecule has 0 radical (unpaired) electrons. The van der Waals surface area contributed by atoms with E-state index >= 15 is 0 Å². The quantitative estimate of drug-likeness (QED) is 0.762. The summed E-state index contributed by atoms with van der Waals surface area (Å²) in [5.41, 5.74) is 4.48. The van der Waals surface area contributed by atoms with E-state index in [1.807, 2.05) is 0 Å². The van der Waals surface area contributed by atoms with E-state index in [0.29, 0.717) is 6.07 Å². The maximum absolute atomic E-state index is 12.7. The van der Waals surface area contributed by atoms with Crippen molar-refractivity contribution in [1.29, 1.82) is 0 Å². The lowest BCUT2D eigenvalue weighted by Crippen LogP contribution is -2.03. The van der Waals surface area contributed by atoms with Crippen LogP contribution >= 0.6 is 11.6 Å². The average Bonchev–Trinajstić information content (AvgIpc) is 2.08. The maximum atomic E-state index is 12.7. The van der Waals surface area contributed by atoms with E-state index in [1.165, 1.54) is 0 Å². The number of nitrogens with two attached hydrogens (primary N) is 1. The maximum Gasteiger partial charge on any atom is 0.265 e. The highest BCUT2D eigenvalue weighted by molar-refractivity contribution is 6.17. The third kappa shape index (κ3) is 2.03. The third-order valence-electron chi connectivity index (χ3n) is 1.48. The Bertz CT molecular complexity index is 317. The molecule has 72 valence electrons. The first-order valence-corrected chi connectivity index (χ1v) is 3.88. The van der Waals surface area contributed by atoms with Gasteiger partial charge in [0, 0.05) is 5.56 Å². The third-order valence-corrected chi connectivity index (χ3v) is 1.73. The lowest BCUT2D eigenvalue weighted by atomic mass is 10.2. The predicted molar refractivity (Wildman–Crippen MR) is 43.1 cm³/mol. The van der Waals surface area contributed by atoms with Crippen molar-refractivity contribution in [2.45, 2.75) is 12.3 Å². The first kappa shape index (κ1) is 10.1. The molecule has 0 unspecified atom stereocenters. The molecule has 2 nitrogen and oxygen atoms in total. The molecule has 0 aliphatic carbocycles. The number of anilines is 1. The van der Waals surface area contributed by atoms with Crippen LogP contribution in [0.4, 0.5) is 19.0 Å². The minimum Gasteiger partial charge on any atom is -0.381 e. The Balaban J connectivity index is 3.25. The molecule has 0 saturated carbocycles. The van der Waals surface area contributed by atoms with Gasteiger partial charge >= 0.3 is 0 Å². The van der Waals surface area contributed by atoms with Crippen LogP contribution in [0.25, 0.3) is 0 Å². The zero-order chi connectivity index (χ0) is 10.0. The van der Waals surface area contributed by atoms with E-state index in [9.17, 15) is 13.2 Å². The molecular formula is C7H6ClF3N2. The summed E-state index contributed by atoms with van der Waals surface area (Å²) in [5, 5.41) is 0.